The van der Waals surface area contributed by atoms with Crippen molar-refractivity contribution in [2.45, 2.75) is 13.0 Å². The summed E-state index contributed by atoms with van der Waals surface area (Å²) in [4.78, 5) is 28.6. The number of ether oxygens (including phenoxy) is 1. The van der Waals surface area contributed by atoms with Crippen molar-refractivity contribution in [3.63, 3.8) is 0 Å². The molecule has 0 N–H and O–H groups in total. The normalized spacial score (nSPS) is 12.9. The van der Waals surface area contributed by atoms with E-state index in [1.54, 1.807) is 34.9 Å². The number of hydrogen-bond acceptors (Lipinski definition) is 5. The van der Waals surface area contributed by atoms with Crippen LogP contribution in [0.4, 0.5) is 0 Å². The summed E-state index contributed by atoms with van der Waals surface area (Å²) in [6, 6.07) is 14.4. The van der Waals surface area contributed by atoms with Crippen LogP contribution in [0.5, 0.6) is 5.75 Å². The maximum Gasteiger partial charge on any atom is 0.263 e. The van der Waals surface area contributed by atoms with E-state index in [1.165, 1.54) is 6.92 Å². The molecule has 0 spiro atoms. The summed E-state index contributed by atoms with van der Waals surface area (Å²) >= 11 is 0. The molecule has 1 atom stereocenters. The van der Waals surface area contributed by atoms with E-state index in [9.17, 15) is 14.7 Å². The van der Waals surface area contributed by atoms with Gasteiger partial charge >= 0.3 is 0 Å². The van der Waals surface area contributed by atoms with Crippen LogP contribution < -0.4 is 15.4 Å². The Morgan fingerprint density at radius 3 is 2.63 bits per heavy atom. The Morgan fingerprint density at radius 2 is 1.85 bits per heavy atom. The molecule has 0 aliphatic heterocycles. The lowest BCUT2D eigenvalue weighted by Gasteiger charge is -2.15. The van der Waals surface area contributed by atoms with E-state index in [-0.39, 0.29) is 5.56 Å². The van der Waals surface area contributed by atoms with Crippen LogP contribution in [-0.2, 0) is 4.79 Å². The molecule has 0 unspecified atom stereocenters. The summed E-state index contributed by atoms with van der Waals surface area (Å²) in [6.07, 6.45) is 0.639. The van der Waals surface area contributed by atoms with Crippen LogP contribution in [0, 0.1) is 0 Å². The summed E-state index contributed by atoms with van der Waals surface area (Å²) in [5.41, 5.74) is 2.13. The molecule has 5 rings (SSSR count). The zero-order valence-corrected chi connectivity index (χ0v) is 14.3. The third-order valence-corrected chi connectivity index (χ3v) is 4.91. The zero-order valence-electron chi connectivity index (χ0n) is 14.3. The molecule has 0 radical (unpaired) electrons. The number of carboxylic acid groups (broad SMARTS) is 1. The molecule has 0 amide bonds. The van der Waals surface area contributed by atoms with Gasteiger partial charge in [0.15, 0.2) is 0 Å². The van der Waals surface area contributed by atoms with E-state index in [1.807, 2.05) is 24.3 Å². The first kappa shape index (κ1) is 15.6. The molecule has 3 aromatic heterocycles. The van der Waals surface area contributed by atoms with Crippen LogP contribution in [0.2, 0.25) is 0 Å². The Bertz CT molecular complexity index is 1420. The number of carboxylic acids is 1. The Hall–Kier alpha value is -3.67. The smallest absolute Gasteiger partial charge is 0.263 e. The second-order valence-electron chi connectivity index (χ2n) is 6.50. The standard InChI is InChI=1S/C21H14N2O4/c1-11(21(25)26)27-12-6-7-17-16(10-12)14-8-9-22-18-13-4-2-3-5-15(13)20(24)23(17)19(14)18/h2-11H,1H3,(H,25,26)/p-1/t11-/m0/s1. The van der Waals surface area contributed by atoms with Crippen molar-refractivity contribution in [3.8, 4) is 5.75 Å². The first-order chi connectivity index (χ1) is 13.1. The molecule has 3 heterocycles. The number of rotatable bonds is 3. The maximum atomic E-state index is 13.1. The number of aromatic nitrogens is 2. The van der Waals surface area contributed by atoms with Gasteiger partial charge in [-0.1, -0.05) is 18.2 Å². The lowest BCUT2D eigenvalue weighted by molar-refractivity contribution is -0.312. The third-order valence-electron chi connectivity index (χ3n) is 4.91. The molecular formula is C21H13N2O4-. The average Bonchev–Trinajstić information content (AvgIpc) is 3.01. The van der Waals surface area contributed by atoms with Crippen molar-refractivity contribution < 1.29 is 14.6 Å². The predicted octanol–water partition coefficient (Wildman–Crippen LogP) is 2.11. The average molecular weight is 357 g/mol. The van der Waals surface area contributed by atoms with E-state index < -0.39 is 12.1 Å². The van der Waals surface area contributed by atoms with Gasteiger partial charge < -0.3 is 14.6 Å². The summed E-state index contributed by atoms with van der Waals surface area (Å²) in [5, 5.41) is 14.0. The fourth-order valence-electron chi connectivity index (χ4n) is 3.67. The largest absolute Gasteiger partial charge is 0.546 e. The Kier molecular flexibility index (Phi) is 3.12. The highest BCUT2D eigenvalue weighted by molar-refractivity contribution is 6.18. The van der Waals surface area contributed by atoms with Crippen LogP contribution in [0.25, 0.3) is 38.1 Å². The van der Waals surface area contributed by atoms with E-state index in [0.717, 1.165) is 32.7 Å². The lowest BCUT2D eigenvalue weighted by Crippen LogP contribution is -2.37. The molecule has 132 valence electrons. The Labute approximate surface area is 152 Å². The molecule has 2 aromatic carbocycles. The fourth-order valence-corrected chi connectivity index (χ4v) is 3.67. The molecule has 27 heavy (non-hydrogen) atoms. The molecule has 6 heteroatoms. The molecule has 0 aliphatic rings. The van der Waals surface area contributed by atoms with Gasteiger partial charge in [-0.3, -0.25) is 14.2 Å². The number of pyridine rings is 2. The summed E-state index contributed by atoms with van der Waals surface area (Å²) in [5.74, 6) is -0.881. The number of aliphatic carboxylic acids is 1. The molecule has 5 aromatic rings. The molecule has 0 fully saturated rings. The summed E-state index contributed by atoms with van der Waals surface area (Å²) in [7, 11) is 0. The van der Waals surface area contributed by atoms with Crippen LogP contribution in [0.3, 0.4) is 0 Å². The zero-order chi connectivity index (χ0) is 18.7. The highest BCUT2D eigenvalue weighted by Crippen LogP contribution is 2.34. The highest BCUT2D eigenvalue weighted by atomic mass is 16.5. The SMILES string of the molecule is C[C@H](Oc1ccc2c(c1)c1ccnc3c4ccccc4c(=O)n2c13)C(=O)[O-]. The van der Waals surface area contributed by atoms with Gasteiger partial charge in [-0.15, -0.1) is 0 Å². The quantitative estimate of drug-likeness (QED) is 0.462. The highest BCUT2D eigenvalue weighted by Gasteiger charge is 2.18. The summed E-state index contributed by atoms with van der Waals surface area (Å²) in [6.45, 7) is 1.42. The summed E-state index contributed by atoms with van der Waals surface area (Å²) < 4.78 is 7.11. The minimum Gasteiger partial charge on any atom is -0.546 e. The molecule has 0 saturated heterocycles. The van der Waals surface area contributed by atoms with Crippen molar-refractivity contribution in [2.24, 2.45) is 0 Å². The van der Waals surface area contributed by atoms with E-state index in [4.69, 9.17) is 4.74 Å². The van der Waals surface area contributed by atoms with E-state index >= 15 is 0 Å². The molecular weight excluding hydrogens is 344 g/mol. The van der Waals surface area contributed by atoms with Crippen molar-refractivity contribution in [1.82, 2.24) is 9.38 Å². The van der Waals surface area contributed by atoms with Gasteiger partial charge in [0, 0.05) is 27.7 Å². The maximum absolute atomic E-state index is 13.1. The minimum atomic E-state index is -1.28. The first-order valence-corrected chi connectivity index (χ1v) is 8.51. The molecule has 0 saturated carbocycles. The van der Waals surface area contributed by atoms with Crippen LogP contribution >= 0.6 is 0 Å². The second-order valence-corrected chi connectivity index (χ2v) is 6.50. The third kappa shape index (κ3) is 2.10. The van der Waals surface area contributed by atoms with Gasteiger partial charge in [0.05, 0.1) is 22.5 Å². The van der Waals surface area contributed by atoms with Crippen molar-refractivity contribution in [2.75, 3.05) is 0 Å². The lowest BCUT2D eigenvalue weighted by atomic mass is 10.1. The Morgan fingerprint density at radius 1 is 1.07 bits per heavy atom. The van der Waals surface area contributed by atoms with Crippen molar-refractivity contribution in [3.05, 3.63) is 65.1 Å². The van der Waals surface area contributed by atoms with Gasteiger partial charge in [-0.05, 0) is 37.3 Å². The topological polar surface area (TPSA) is 83.7 Å². The molecule has 0 bridgehead atoms. The number of fused-ring (bicyclic) bond motifs is 5. The van der Waals surface area contributed by atoms with Crippen molar-refractivity contribution in [1.29, 1.82) is 0 Å². The van der Waals surface area contributed by atoms with Crippen LogP contribution in [-0.4, -0.2) is 21.5 Å². The number of carbonyl (C=O) groups excluding carboxylic acids is 1. The van der Waals surface area contributed by atoms with Gasteiger partial charge in [-0.2, -0.15) is 0 Å². The van der Waals surface area contributed by atoms with Gasteiger partial charge in [0.25, 0.3) is 5.56 Å². The first-order valence-electron chi connectivity index (χ1n) is 8.51. The van der Waals surface area contributed by atoms with E-state index in [0.29, 0.717) is 11.1 Å². The van der Waals surface area contributed by atoms with Gasteiger partial charge in [-0.25, -0.2) is 0 Å². The van der Waals surface area contributed by atoms with Gasteiger partial charge in [0.2, 0.25) is 0 Å². The van der Waals surface area contributed by atoms with Crippen molar-refractivity contribution >= 4 is 44.1 Å². The molecule has 6 nitrogen and oxygen atoms in total. The number of hydrogen-bond donors (Lipinski definition) is 0. The van der Waals surface area contributed by atoms with Crippen LogP contribution in [0.1, 0.15) is 6.92 Å². The monoisotopic (exact) mass is 357 g/mol. The second kappa shape index (κ2) is 5.41. The molecule has 0 aliphatic carbocycles. The fraction of sp³-hybridized carbons (Fsp3) is 0.0952. The minimum absolute atomic E-state index is 0.108. The number of carbonyl (C=O) groups is 1. The number of benzene rings is 2. The number of nitrogens with zero attached hydrogens (tertiary/aromatic N) is 2. The van der Waals surface area contributed by atoms with Crippen LogP contribution in [0.15, 0.2) is 59.5 Å². The predicted molar refractivity (Wildman–Crippen MR) is 100 cm³/mol. The van der Waals surface area contributed by atoms with E-state index in [2.05, 4.69) is 4.98 Å². The van der Waals surface area contributed by atoms with Gasteiger partial charge in [0.1, 0.15) is 11.9 Å². The Balaban J connectivity index is 1.92.